The summed E-state index contributed by atoms with van der Waals surface area (Å²) < 4.78 is 0. The van der Waals surface area contributed by atoms with E-state index < -0.39 is 0 Å². The number of aliphatic hydroxyl groups excluding tert-OH is 1. The van der Waals surface area contributed by atoms with Gasteiger partial charge in [-0.3, -0.25) is 4.90 Å². The zero-order valence-corrected chi connectivity index (χ0v) is 9.38. The SMILES string of the molecule is CCN([C@H]1CCC[C@@H]1O)C(C)(C)C. The summed E-state index contributed by atoms with van der Waals surface area (Å²) in [6.45, 7) is 9.88. The van der Waals surface area contributed by atoms with Gasteiger partial charge >= 0.3 is 0 Å². The van der Waals surface area contributed by atoms with Crippen LogP contribution in [0.25, 0.3) is 0 Å². The second kappa shape index (κ2) is 3.97. The Balaban J connectivity index is 2.66. The van der Waals surface area contributed by atoms with Crippen LogP contribution in [-0.2, 0) is 0 Å². The lowest BCUT2D eigenvalue weighted by Crippen LogP contribution is -2.50. The van der Waals surface area contributed by atoms with Crippen LogP contribution in [0.1, 0.15) is 47.0 Å². The van der Waals surface area contributed by atoms with E-state index in [4.69, 9.17) is 0 Å². The molecule has 1 aliphatic rings. The fourth-order valence-corrected chi connectivity index (χ4v) is 2.49. The number of hydrogen-bond donors (Lipinski definition) is 1. The molecule has 0 aromatic heterocycles. The fraction of sp³-hybridized carbons (Fsp3) is 1.00. The van der Waals surface area contributed by atoms with Crippen LogP contribution in [0.3, 0.4) is 0 Å². The molecule has 0 heterocycles. The molecule has 1 saturated carbocycles. The monoisotopic (exact) mass is 185 g/mol. The molecule has 0 spiro atoms. The Kier molecular flexibility index (Phi) is 3.36. The first-order valence-corrected chi connectivity index (χ1v) is 5.41. The maximum absolute atomic E-state index is 9.81. The topological polar surface area (TPSA) is 23.5 Å². The average Bonchev–Trinajstić information content (AvgIpc) is 2.35. The van der Waals surface area contributed by atoms with Crippen LogP contribution < -0.4 is 0 Å². The second-order valence-electron chi connectivity index (χ2n) is 5.02. The molecular weight excluding hydrogens is 162 g/mol. The van der Waals surface area contributed by atoms with Crippen molar-refractivity contribution in [2.45, 2.75) is 64.6 Å². The molecule has 1 aliphatic carbocycles. The first-order valence-electron chi connectivity index (χ1n) is 5.41. The summed E-state index contributed by atoms with van der Waals surface area (Å²) in [6, 6.07) is 0.394. The van der Waals surface area contributed by atoms with Gasteiger partial charge < -0.3 is 5.11 Å². The number of rotatable bonds is 2. The number of aliphatic hydroxyl groups is 1. The summed E-state index contributed by atoms with van der Waals surface area (Å²) in [5.41, 5.74) is 0.185. The highest BCUT2D eigenvalue weighted by Crippen LogP contribution is 2.28. The van der Waals surface area contributed by atoms with Crippen molar-refractivity contribution in [1.82, 2.24) is 4.90 Å². The van der Waals surface area contributed by atoms with Gasteiger partial charge in [0.15, 0.2) is 0 Å². The quantitative estimate of drug-likeness (QED) is 0.711. The standard InChI is InChI=1S/C11H23NO/c1-5-12(11(2,3)4)9-7-6-8-10(9)13/h9-10,13H,5-8H2,1-4H3/t9-,10-/m0/s1. The van der Waals surface area contributed by atoms with E-state index in [1.807, 2.05) is 0 Å². The molecule has 1 fully saturated rings. The van der Waals surface area contributed by atoms with Crippen LogP contribution in [0, 0.1) is 0 Å². The van der Waals surface area contributed by atoms with Gasteiger partial charge in [-0.05, 0) is 46.6 Å². The van der Waals surface area contributed by atoms with Crippen molar-refractivity contribution in [3.05, 3.63) is 0 Å². The van der Waals surface area contributed by atoms with Gasteiger partial charge in [-0.25, -0.2) is 0 Å². The fourth-order valence-electron chi connectivity index (χ4n) is 2.49. The van der Waals surface area contributed by atoms with Crippen molar-refractivity contribution in [2.24, 2.45) is 0 Å². The van der Waals surface area contributed by atoms with Crippen molar-refractivity contribution in [3.8, 4) is 0 Å². The van der Waals surface area contributed by atoms with Crippen LogP contribution in [0.15, 0.2) is 0 Å². The Hall–Kier alpha value is -0.0800. The molecule has 0 radical (unpaired) electrons. The third kappa shape index (κ3) is 2.44. The molecule has 0 aromatic rings. The molecule has 0 aliphatic heterocycles. The first kappa shape index (κ1) is 11.0. The molecule has 0 amide bonds. The van der Waals surface area contributed by atoms with Gasteiger partial charge in [-0.1, -0.05) is 6.92 Å². The minimum absolute atomic E-state index is 0.0980. The molecule has 2 atom stereocenters. The van der Waals surface area contributed by atoms with Crippen molar-refractivity contribution in [2.75, 3.05) is 6.54 Å². The number of nitrogens with zero attached hydrogens (tertiary/aromatic N) is 1. The van der Waals surface area contributed by atoms with Gasteiger partial charge in [0, 0.05) is 11.6 Å². The van der Waals surface area contributed by atoms with Gasteiger partial charge in [-0.15, -0.1) is 0 Å². The molecule has 0 unspecified atom stereocenters. The summed E-state index contributed by atoms with van der Waals surface area (Å²) in [5, 5.41) is 9.81. The zero-order valence-electron chi connectivity index (χ0n) is 9.38. The van der Waals surface area contributed by atoms with Crippen molar-refractivity contribution in [3.63, 3.8) is 0 Å². The maximum Gasteiger partial charge on any atom is 0.0695 e. The van der Waals surface area contributed by atoms with Crippen molar-refractivity contribution >= 4 is 0 Å². The Morgan fingerprint density at radius 3 is 2.23 bits per heavy atom. The highest BCUT2D eigenvalue weighted by atomic mass is 16.3. The Labute approximate surface area is 81.9 Å². The maximum atomic E-state index is 9.81. The zero-order chi connectivity index (χ0) is 10.1. The van der Waals surface area contributed by atoms with Gasteiger partial charge in [0.2, 0.25) is 0 Å². The highest BCUT2D eigenvalue weighted by molar-refractivity contribution is 4.90. The molecule has 13 heavy (non-hydrogen) atoms. The predicted octanol–water partition coefficient (Wildman–Crippen LogP) is 2.02. The Morgan fingerprint density at radius 2 is 1.92 bits per heavy atom. The summed E-state index contributed by atoms with van der Waals surface area (Å²) in [7, 11) is 0. The third-order valence-corrected chi connectivity index (χ3v) is 3.05. The molecule has 1 rings (SSSR count). The Bertz CT molecular complexity index is 162. The summed E-state index contributed by atoms with van der Waals surface area (Å²) in [6.07, 6.45) is 3.22. The minimum atomic E-state index is -0.0980. The lowest BCUT2D eigenvalue weighted by molar-refractivity contribution is 0.0194. The number of hydrogen-bond acceptors (Lipinski definition) is 2. The molecule has 0 aromatic carbocycles. The number of likely N-dealkylation sites (N-methyl/N-ethyl adjacent to an activating group) is 1. The summed E-state index contributed by atoms with van der Waals surface area (Å²) in [5.74, 6) is 0. The lowest BCUT2D eigenvalue weighted by Gasteiger charge is -2.40. The normalized spacial score (nSPS) is 30.0. The van der Waals surface area contributed by atoms with Gasteiger partial charge in [-0.2, -0.15) is 0 Å². The van der Waals surface area contributed by atoms with E-state index >= 15 is 0 Å². The minimum Gasteiger partial charge on any atom is -0.391 e. The van der Waals surface area contributed by atoms with E-state index in [-0.39, 0.29) is 11.6 Å². The van der Waals surface area contributed by atoms with Gasteiger partial charge in [0.1, 0.15) is 0 Å². The third-order valence-electron chi connectivity index (χ3n) is 3.05. The molecule has 78 valence electrons. The van der Waals surface area contributed by atoms with Crippen molar-refractivity contribution in [1.29, 1.82) is 0 Å². The van der Waals surface area contributed by atoms with E-state index in [0.717, 1.165) is 19.4 Å². The van der Waals surface area contributed by atoms with E-state index in [9.17, 15) is 5.11 Å². The molecular formula is C11H23NO. The highest BCUT2D eigenvalue weighted by Gasteiger charge is 2.35. The van der Waals surface area contributed by atoms with E-state index in [1.165, 1.54) is 6.42 Å². The van der Waals surface area contributed by atoms with Crippen LogP contribution in [0.4, 0.5) is 0 Å². The Morgan fingerprint density at radius 1 is 1.31 bits per heavy atom. The molecule has 2 nitrogen and oxygen atoms in total. The predicted molar refractivity (Wildman–Crippen MR) is 55.8 cm³/mol. The van der Waals surface area contributed by atoms with Crippen LogP contribution in [0.2, 0.25) is 0 Å². The molecule has 1 N–H and O–H groups in total. The lowest BCUT2D eigenvalue weighted by atomic mass is 10.0. The van der Waals surface area contributed by atoms with Gasteiger partial charge in [0.05, 0.1) is 6.10 Å². The van der Waals surface area contributed by atoms with Crippen molar-refractivity contribution < 1.29 is 5.11 Å². The van der Waals surface area contributed by atoms with E-state index in [1.54, 1.807) is 0 Å². The largest absolute Gasteiger partial charge is 0.391 e. The summed E-state index contributed by atoms with van der Waals surface area (Å²) in [4.78, 5) is 2.42. The smallest absolute Gasteiger partial charge is 0.0695 e. The molecule has 0 saturated heterocycles. The molecule has 2 heteroatoms. The first-order chi connectivity index (χ1) is 5.96. The second-order valence-corrected chi connectivity index (χ2v) is 5.02. The van der Waals surface area contributed by atoms with Crippen LogP contribution in [-0.4, -0.2) is 34.2 Å². The van der Waals surface area contributed by atoms with Crippen LogP contribution in [0.5, 0.6) is 0 Å². The van der Waals surface area contributed by atoms with E-state index in [0.29, 0.717) is 6.04 Å². The van der Waals surface area contributed by atoms with Crippen LogP contribution >= 0.6 is 0 Å². The van der Waals surface area contributed by atoms with E-state index in [2.05, 4.69) is 32.6 Å². The summed E-state index contributed by atoms with van der Waals surface area (Å²) >= 11 is 0. The molecule has 0 bridgehead atoms. The average molecular weight is 185 g/mol. The van der Waals surface area contributed by atoms with Gasteiger partial charge in [0.25, 0.3) is 0 Å².